The predicted octanol–water partition coefficient (Wildman–Crippen LogP) is -0.191. The first-order valence-corrected chi connectivity index (χ1v) is 3.95. The Kier molecular flexibility index (Phi) is 4.53. The smallest absolute Gasteiger partial charge is 0.475 e. The van der Waals surface area contributed by atoms with Gasteiger partial charge in [0.15, 0.2) is 0 Å². The molecule has 8 heteroatoms. The van der Waals surface area contributed by atoms with Crippen LogP contribution in [0.15, 0.2) is 0 Å². The second kappa shape index (κ2) is 4.96. The summed E-state index contributed by atoms with van der Waals surface area (Å²) < 4.78 is 31.7. The van der Waals surface area contributed by atoms with Crippen LogP contribution in [-0.2, 0) is 9.59 Å². The number of carbonyl (C=O) groups is 2. The van der Waals surface area contributed by atoms with E-state index < -0.39 is 12.1 Å². The van der Waals surface area contributed by atoms with Gasteiger partial charge in [0, 0.05) is 26.1 Å². The first-order valence-electron chi connectivity index (χ1n) is 3.95. The van der Waals surface area contributed by atoms with E-state index in [2.05, 4.69) is 0 Å². The fourth-order valence-corrected chi connectivity index (χ4v) is 0.770. The van der Waals surface area contributed by atoms with E-state index in [1.165, 1.54) is 0 Å². The highest BCUT2D eigenvalue weighted by Gasteiger charge is 2.38. The Hall–Kier alpha value is -1.31. The van der Waals surface area contributed by atoms with Crippen LogP contribution in [0.5, 0.6) is 0 Å². The number of amides is 1. The minimum absolute atomic E-state index is 0.131. The summed E-state index contributed by atoms with van der Waals surface area (Å²) in [6.45, 7) is 3.05. The zero-order chi connectivity index (χ0) is 12.2. The number of carboxylic acid groups (broad SMARTS) is 1. The second-order valence-electron chi connectivity index (χ2n) is 2.99. The maximum Gasteiger partial charge on any atom is 0.490 e. The maximum absolute atomic E-state index is 10.6. The second-order valence-corrected chi connectivity index (χ2v) is 2.99. The lowest BCUT2D eigenvalue weighted by Gasteiger charge is -2.35. The summed E-state index contributed by atoms with van der Waals surface area (Å²) in [5.74, 6) is -2.63. The average molecular weight is 228 g/mol. The zero-order valence-electron chi connectivity index (χ0n) is 7.91. The van der Waals surface area contributed by atoms with E-state index in [-0.39, 0.29) is 11.9 Å². The molecule has 0 aromatic carbocycles. The van der Waals surface area contributed by atoms with Gasteiger partial charge >= 0.3 is 12.1 Å². The number of nitrogens with zero attached hydrogens (tertiary/aromatic N) is 1. The standard InChI is InChI=1S/C5H10N2O.C2HF3O2/c1-4(8)7-2-5(6)3-7;3-2(4,5)1(6)7/h5H,2-3,6H2,1H3;(H,6,7). The van der Waals surface area contributed by atoms with Gasteiger partial charge in [-0.1, -0.05) is 0 Å². The molecule has 0 aromatic rings. The van der Waals surface area contributed by atoms with Gasteiger partial charge in [0.25, 0.3) is 0 Å². The van der Waals surface area contributed by atoms with Gasteiger partial charge in [-0.25, -0.2) is 4.79 Å². The van der Waals surface area contributed by atoms with Gasteiger partial charge in [-0.05, 0) is 0 Å². The summed E-state index contributed by atoms with van der Waals surface area (Å²) in [5.41, 5.74) is 5.41. The fourth-order valence-electron chi connectivity index (χ4n) is 0.770. The summed E-state index contributed by atoms with van der Waals surface area (Å²) in [5, 5.41) is 7.12. The van der Waals surface area contributed by atoms with Crippen LogP contribution < -0.4 is 5.73 Å². The quantitative estimate of drug-likeness (QED) is 0.601. The molecule has 3 N–H and O–H groups in total. The van der Waals surface area contributed by atoms with Crippen LogP contribution in [0.1, 0.15) is 6.92 Å². The molecule has 0 aromatic heterocycles. The third-order valence-electron chi connectivity index (χ3n) is 1.60. The van der Waals surface area contributed by atoms with Gasteiger partial charge in [-0.15, -0.1) is 0 Å². The monoisotopic (exact) mass is 228 g/mol. The average Bonchev–Trinajstić information content (AvgIpc) is 1.97. The van der Waals surface area contributed by atoms with Gasteiger partial charge < -0.3 is 15.7 Å². The molecule has 0 spiro atoms. The Bertz CT molecular complexity index is 248. The lowest BCUT2D eigenvalue weighted by molar-refractivity contribution is -0.192. The summed E-state index contributed by atoms with van der Waals surface area (Å²) >= 11 is 0. The highest BCUT2D eigenvalue weighted by Crippen LogP contribution is 2.13. The normalized spacial score (nSPS) is 16.2. The van der Waals surface area contributed by atoms with Crippen molar-refractivity contribution in [1.82, 2.24) is 4.90 Å². The summed E-state index contributed by atoms with van der Waals surface area (Å²) in [4.78, 5) is 21.1. The topological polar surface area (TPSA) is 83.6 Å². The molecule has 5 nitrogen and oxygen atoms in total. The third-order valence-corrected chi connectivity index (χ3v) is 1.60. The van der Waals surface area contributed by atoms with Gasteiger partial charge in [0.2, 0.25) is 5.91 Å². The van der Waals surface area contributed by atoms with Crippen LogP contribution in [0.2, 0.25) is 0 Å². The molecule has 15 heavy (non-hydrogen) atoms. The Labute approximate surface area is 83.6 Å². The largest absolute Gasteiger partial charge is 0.490 e. The Morgan fingerprint density at radius 1 is 1.40 bits per heavy atom. The zero-order valence-corrected chi connectivity index (χ0v) is 7.91. The van der Waals surface area contributed by atoms with Crippen LogP contribution in [0, 0.1) is 0 Å². The van der Waals surface area contributed by atoms with Crippen molar-refractivity contribution in [3.8, 4) is 0 Å². The Morgan fingerprint density at radius 3 is 1.80 bits per heavy atom. The number of carbonyl (C=O) groups excluding carboxylic acids is 1. The van der Waals surface area contributed by atoms with E-state index >= 15 is 0 Å². The molecule has 1 saturated heterocycles. The number of hydrogen-bond acceptors (Lipinski definition) is 3. The molecule has 0 radical (unpaired) electrons. The third kappa shape index (κ3) is 5.21. The van der Waals surface area contributed by atoms with E-state index in [1.54, 1.807) is 11.8 Å². The number of alkyl halides is 3. The molecular weight excluding hydrogens is 217 g/mol. The van der Waals surface area contributed by atoms with E-state index in [1.807, 2.05) is 0 Å². The minimum atomic E-state index is -5.08. The van der Waals surface area contributed by atoms with Gasteiger partial charge in [-0.3, -0.25) is 4.79 Å². The highest BCUT2D eigenvalue weighted by atomic mass is 19.4. The predicted molar refractivity (Wildman–Crippen MR) is 43.9 cm³/mol. The molecule has 1 amide bonds. The number of carboxylic acids is 1. The van der Waals surface area contributed by atoms with Gasteiger partial charge in [-0.2, -0.15) is 13.2 Å². The van der Waals surface area contributed by atoms with Crippen molar-refractivity contribution in [3.63, 3.8) is 0 Å². The van der Waals surface area contributed by atoms with Crippen LogP contribution in [0.3, 0.4) is 0 Å². The molecule has 0 unspecified atom stereocenters. The van der Waals surface area contributed by atoms with Crippen molar-refractivity contribution >= 4 is 11.9 Å². The molecule has 0 aliphatic carbocycles. The number of aliphatic carboxylic acids is 1. The lowest BCUT2D eigenvalue weighted by Crippen LogP contribution is -2.57. The van der Waals surface area contributed by atoms with Crippen LogP contribution in [0.4, 0.5) is 13.2 Å². The molecule has 1 aliphatic rings. The van der Waals surface area contributed by atoms with Crippen molar-refractivity contribution < 1.29 is 27.9 Å². The van der Waals surface area contributed by atoms with E-state index in [0.717, 1.165) is 13.1 Å². The summed E-state index contributed by atoms with van der Waals surface area (Å²) in [7, 11) is 0. The number of halogens is 3. The van der Waals surface area contributed by atoms with E-state index in [9.17, 15) is 18.0 Å². The maximum atomic E-state index is 10.6. The van der Waals surface area contributed by atoms with E-state index in [0.29, 0.717) is 0 Å². The Balaban J connectivity index is 0.000000265. The minimum Gasteiger partial charge on any atom is -0.475 e. The summed E-state index contributed by atoms with van der Waals surface area (Å²) in [6.07, 6.45) is -5.08. The van der Waals surface area contributed by atoms with Crippen LogP contribution in [-0.4, -0.2) is 47.2 Å². The SMILES string of the molecule is CC(=O)N1CC(N)C1.O=C(O)C(F)(F)F. The van der Waals surface area contributed by atoms with Crippen LogP contribution >= 0.6 is 0 Å². The molecule has 1 fully saturated rings. The number of rotatable bonds is 0. The number of hydrogen-bond donors (Lipinski definition) is 2. The van der Waals surface area contributed by atoms with Crippen molar-refractivity contribution in [3.05, 3.63) is 0 Å². The Morgan fingerprint density at radius 2 is 1.73 bits per heavy atom. The molecule has 1 rings (SSSR count). The fraction of sp³-hybridized carbons (Fsp3) is 0.714. The number of nitrogens with two attached hydrogens (primary N) is 1. The molecular formula is C7H11F3N2O3. The molecule has 0 saturated carbocycles. The molecule has 1 aliphatic heterocycles. The van der Waals surface area contributed by atoms with Crippen molar-refractivity contribution in [2.24, 2.45) is 5.73 Å². The highest BCUT2D eigenvalue weighted by molar-refractivity contribution is 5.74. The summed E-state index contributed by atoms with van der Waals surface area (Å²) in [6, 6.07) is 0.235. The number of likely N-dealkylation sites (tertiary alicyclic amines) is 1. The first-order chi connectivity index (χ1) is 6.64. The van der Waals surface area contributed by atoms with Crippen molar-refractivity contribution in [1.29, 1.82) is 0 Å². The van der Waals surface area contributed by atoms with Crippen molar-refractivity contribution in [2.45, 2.75) is 19.1 Å². The van der Waals surface area contributed by atoms with Crippen molar-refractivity contribution in [2.75, 3.05) is 13.1 Å². The van der Waals surface area contributed by atoms with E-state index in [4.69, 9.17) is 15.6 Å². The lowest BCUT2D eigenvalue weighted by atomic mass is 10.1. The molecule has 1 heterocycles. The van der Waals surface area contributed by atoms with Gasteiger partial charge in [0.05, 0.1) is 0 Å². The molecule has 0 bridgehead atoms. The first kappa shape index (κ1) is 13.7. The van der Waals surface area contributed by atoms with Gasteiger partial charge in [0.1, 0.15) is 0 Å². The van der Waals surface area contributed by atoms with Crippen LogP contribution in [0.25, 0.3) is 0 Å². The molecule has 0 atom stereocenters. The molecule has 88 valence electrons.